The summed E-state index contributed by atoms with van der Waals surface area (Å²) in [6, 6.07) is 30.1. The molecule has 3 saturated heterocycles. The smallest absolute Gasteiger partial charge is 0.335 e. The Balaban J connectivity index is 0.0000160. The molecule has 0 spiro atoms. The third kappa shape index (κ3) is 23.5. The van der Waals surface area contributed by atoms with Crippen LogP contribution < -0.4 is 33.0 Å². The monoisotopic (exact) mass is 2060 g/mol. The molecule has 42 nitrogen and oxygen atoms in total. The molecule has 3 fully saturated rings. The number of aliphatic carboxylic acids is 3. The zero-order valence-electron chi connectivity index (χ0n) is 77.3. The molecule has 0 radical (unpaired) electrons. The number of nitrogens with one attached hydrogen (secondary N) is 3. The lowest BCUT2D eigenvalue weighted by atomic mass is 10.0. The number of amides is 3. The molecule has 6 N–H and O–H groups in total. The van der Waals surface area contributed by atoms with Gasteiger partial charge in [-0.15, -0.1) is 35.3 Å². The summed E-state index contributed by atoms with van der Waals surface area (Å²) in [7, 11) is -12.6. The van der Waals surface area contributed by atoms with Crippen LogP contribution in [0.1, 0.15) is 65.7 Å². The van der Waals surface area contributed by atoms with Crippen LogP contribution in [0.5, 0.6) is 0 Å². The van der Waals surface area contributed by atoms with Gasteiger partial charge in [0.15, 0.2) is 16.9 Å². The summed E-state index contributed by atoms with van der Waals surface area (Å²) in [6.07, 6.45) is 11.2. The van der Waals surface area contributed by atoms with Gasteiger partial charge in [0.2, 0.25) is 47.8 Å². The predicted molar refractivity (Wildman–Crippen MR) is 527 cm³/mol. The van der Waals surface area contributed by atoms with E-state index in [0.29, 0.717) is 67.2 Å². The number of carbonyl (C=O) groups excluding carboxylic acids is 3. The standard InChI is InChI=1S/C93H104N18O24S6.CH4/c1-91(2)76(106(57-136-91)139(124,125)67-13-7-31-94-52-67)82(112)100-70(85(115)116)49-60-19-25-63(26-20-60)109-79-73(16-10-34-97-79)103(88(109)121)37-40-130-43-45-133-55-66(135-48-47-132-42-39-105-75-18-12-36-99-81(75)111(90(105)123)65-29-23-62(24-30-65)51-72(87(119)120)102-84(114)78-93(5,6)138-59-108(78)141(128,129)69-15-9-33-96-54-69)56-134-46-44-131-41-38-104-74-17-11-35-98-80(74)110(89(104)122)64-27-21-61(22-28-64)50-71(86(117)118)101-83(113)77-92(3,4)137-58-107(77)140(126,127)68-14-8-32-95-53-68;/h7-36,52-54,66,70-72,76-78H,37-51,55-59H2,1-6H3,(H,100,112)(H,101,113)(H,102,114)(H,115,116)(H,117,118)(H,119,120);1H4/t70-,71-,72-,76+,77+,78+;/m0./s1. The van der Waals surface area contributed by atoms with Crippen molar-refractivity contribution in [3.05, 3.63) is 250 Å². The number of benzene rings is 3. The normalized spacial score (nSPS) is 17.3. The van der Waals surface area contributed by atoms with Gasteiger partial charge in [0, 0.05) is 89.3 Å². The molecule has 0 aliphatic carbocycles. The number of aromatic nitrogens is 12. The van der Waals surface area contributed by atoms with E-state index in [1.807, 2.05) is 0 Å². The van der Waals surface area contributed by atoms with Gasteiger partial charge < -0.3 is 59.7 Å². The topological polar surface area (TPSA) is 525 Å². The molecule has 3 aliphatic rings. The van der Waals surface area contributed by atoms with Crippen molar-refractivity contribution in [1.82, 2.24) is 86.2 Å². The van der Waals surface area contributed by atoms with Crippen LogP contribution in [0, 0.1) is 0 Å². The number of ether oxygens (including phenoxy) is 6. The predicted octanol–water partition coefficient (Wildman–Crippen LogP) is 5.84. The van der Waals surface area contributed by atoms with Crippen molar-refractivity contribution < 1.29 is 97.8 Å². The van der Waals surface area contributed by atoms with Gasteiger partial charge >= 0.3 is 35.0 Å². The third-order valence-electron chi connectivity index (χ3n) is 24.1. The number of hydrogen-bond donors (Lipinski definition) is 6. The van der Waals surface area contributed by atoms with Gasteiger partial charge in [0.25, 0.3) is 0 Å². The minimum absolute atomic E-state index is 0. The molecule has 12 heterocycles. The van der Waals surface area contributed by atoms with Gasteiger partial charge in [-0.2, -0.15) is 12.9 Å². The molecule has 12 aromatic rings. The maximum absolute atomic E-state index is 14.4. The van der Waals surface area contributed by atoms with Gasteiger partial charge in [-0.25, -0.2) is 82.7 Å². The fourth-order valence-corrected chi connectivity index (χ4v) is 26.3. The Hall–Kier alpha value is -12.3. The average Bonchev–Trinajstić information content (AvgIpc) is 1.58. The number of fused-ring (bicyclic) bond motifs is 3. The molecule has 0 unspecified atom stereocenters. The van der Waals surface area contributed by atoms with Crippen molar-refractivity contribution in [2.24, 2.45) is 0 Å². The fraction of sp³-hybridized carbons (Fsp3) is 0.394. The molecule has 6 atom stereocenters. The lowest BCUT2D eigenvalue weighted by Crippen LogP contribution is -2.56. The Morgan fingerprint density at radius 2 is 0.648 bits per heavy atom. The van der Waals surface area contributed by atoms with Crippen LogP contribution in [0.3, 0.4) is 0 Å². The lowest BCUT2D eigenvalue weighted by molar-refractivity contribution is -0.142. The Labute approximate surface area is 829 Å². The molecular weight excluding hydrogens is 1960 g/mol. The SMILES string of the molecule is C.CC1(C)SCN(S(=O)(=O)c2cccnc2)[C@@H]1C(=O)N[C@@H](Cc1ccc(-n2c(=O)n(CCOCCOCC(COCCOCCn3c(=O)n(-c4ccc(C[C@H](NC(=O)[C@H]5N(S(=O)(=O)c6cccnc6)CSC5(C)C)C(=O)O)cc4)c4ncccc43)OCCOCCn3c(=O)n(-c4ccc(C[C@H](NC(=O)[C@H]5N(S(=O)(=O)c6cccnc6)CSC5(C)C)C(=O)O)cc4)c4ncccc43)c3cccnc32)cc1)C(=O)O. The quantitative estimate of drug-likeness (QED) is 0.0244. The highest BCUT2D eigenvalue weighted by atomic mass is 32.2. The minimum atomic E-state index is -4.21. The number of pyridine rings is 6. The number of thioether (sulfide) groups is 3. The van der Waals surface area contributed by atoms with Gasteiger partial charge in [-0.05, 0) is 167 Å². The fourth-order valence-electron chi connectivity index (χ4n) is 16.9. The molecule has 0 bridgehead atoms. The van der Waals surface area contributed by atoms with Crippen LogP contribution in [0.2, 0.25) is 0 Å². The summed E-state index contributed by atoms with van der Waals surface area (Å²) in [5.41, 5.74) is 3.80. The van der Waals surface area contributed by atoms with Crippen LogP contribution in [-0.4, -0.2) is 293 Å². The summed E-state index contributed by atoms with van der Waals surface area (Å²) < 4.78 is 128. The van der Waals surface area contributed by atoms with E-state index in [2.05, 4.69) is 45.9 Å². The second-order valence-corrected chi connectivity index (χ2v) is 45.2. The van der Waals surface area contributed by atoms with Crippen LogP contribution >= 0.6 is 35.3 Å². The van der Waals surface area contributed by atoms with Crippen molar-refractivity contribution in [3.8, 4) is 17.1 Å². The summed E-state index contributed by atoms with van der Waals surface area (Å²) in [5, 5.41) is 38.9. The highest BCUT2D eigenvalue weighted by Gasteiger charge is 2.55. The molecule has 142 heavy (non-hydrogen) atoms. The van der Waals surface area contributed by atoms with Crippen molar-refractivity contribution in [3.63, 3.8) is 0 Å². The maximum Gasteiger partial charge on any atom is 0.335 e. The van der Waals surface area contributed by atoms with Crippen LogP contribution in [-0.2, 0) is 126 Å². The first kappa shape index (κ1) is 106. The number of carboxylic acid groups (broad SMARTS) is 3. The number of sulfonamides is 3. The molecule has 3 amide bonds. The summed E-state index contributed by atoms with van der Waals surface area (Å²) in [5.74, 6) is -6.57. The first-order valence-corrected chi connectivity index (χ1v) is 52.0. The van der Waals surface area contributed by atoms with Crippen molar-refractivity contribution in [2.45, 2.75) is 159 Å². The van der Waals surface area contributed by atoms with E-state index in [9.17, 15) is 83.7 Å². The first-order chi connectivity index (χ1) is 67.5. The van der Waals surface area contributed by atoms with Crippen LogP contribution in [0.4, 0.5) is 0 Å². The average molecular weight is 2070 g/mol. The molecule has 754 valence electrons. The Kier molecular flexibility index (Phi) is 33.9. The van der Waals surface area contributed by atoms with E-state index in [0.717, 1.165) is 12.9 Å². The highest BCUT2D eigenvalue weighted by Crippen LogP contribution is 2.45. The Bertz CT molecular complexity index is 6820. The van der Waals surface area contributed by atoms with Crippen molar-refractivity contribution in [2.75, 3.05) is 90.3 Å². The molecule has 48 heteroatoms. The number of hydrogen-bond acceptors (Lipinski definition) is 30. The number of nitrogens with zero attached hydrogens (tertiary/aromatic N) is 15. The molecule has 15 rings (SSSR count). The van der Waals surface area contributed by atoms with Crippen molar-refractivity contribution in [1.29, 1.82) is 0 Å². The highest BCUT2D eigenvalue weighted by molar-refractivity contribution is 8.02. The molecule has 9 aromatic heterocycles. The number of carboxylic acids is 3. The van der Waals surface area contributed by atoms with Gasteiger partial charge in [0.05, 0.1) is 144 Å². The maximum atomic E-state index is 14.4. The molecular formula is C94H108N18O24S6. The van der Waals surface area contributed by atoms with E-state index >= 15 is 0 Å². The molecule has 0 saturated carbocycles. The van der Waals surface area contributed by atoms with E-state index < -0.39 is 139 Å². The number of imidazole rings is 3. The molecule has 3 aliphatic heterocycles. The first-order valence-electron chi connectivity index (χ1n) is 44.7. The Morgan fingerprint density at radius 1 is 0.380 bits per heavy atom. The van der Waals surface area contributed by atoms with Crippen LogP contribution in [0.15, 0.2) is 230 Å². The second kappa shape index (κ2) is 45.5. The lowest BCUT2D eigenvalue weighted by Gasteiger charge is -2.30. The Morgan fingerprint density at radius 3 is 0.915 bits per heavy atom. The summed E-state index contributed by atoms with van der Waals surface area (Å²) in [6.45, 7) is 11.2. The van der Waals surface area contributed by atoms with E-state index in [1.165, 1.54) is 142 Å². The minimum Gasteiger partial charge on any atom is -0.480 e. The molecule has 3 aromatic carbocycles. The number of carbonyl (C=O) groups is 6. The van der Waals surface area contributed by atoms with E-state index in [1.54, 1.807) is 163 Å². The summed E-state index contributed by atoms with van der Waals surface area (Å²) >= 11 is 3.72. The zero-order valence-corrected chi connectivity index (χ0v) is 82.2. The van der Waals surface area contributed by atoms with E-state index in [-0.39, 0.29) is 151 Å². The second-order valence-electron chi connectivity index (χ2n) is 34.7. The van der Waals surface area contributed by atoms with Crippen LogP contribution in [0.25, 0.3) is 50.6 Å². The van der Waals surface area contributed by atoms with Crippen molar-refractivity contribution >= 4 is 134 Å². The van der Waals surface area contributed by atoms with Gasteiger partial charge in [-0.1, -0.05) is 43.8 Å². The zero-order chi connectivity index (χ0) is 100. The third-order valence-corrected chi connectivity index (χ3v) is 34.1. The van der Waals surface area contributed by atoms with Gasteiger partial charge in [-0.3, -0.25) is 43.0 Å². The number of rotatable bonds is 47. The van der Waals surface area contributed by atoms with Gasteiger partial charge in [0.1, 0.15) is 57.0 Å². The summed E-state index contributed by atoms with van der Waals surface area (Å²) in [4.78, 5) is 149. The largest absolute Gasteiger partial charge is 0.480 e. The van der Waals surface area contributed by atoms with E-state index in [4.69, 9.17) is 28.4 Å².